The highest BCUT2D eigenvalue weighted by Crippen LogP contribution is 2.30. The standard InChI is InChI=1S/C15H17F3O4/c16-15(17,18)22-13-7-11(14(19)20)6-12(8-13)21-9-10-4-2-1-3-5-10/h6-8,10H,1-5,9H2,(H,19,20). The van der Waals surface area contributed by atoms with Gasteiger partial charge in [0, 0.05) is 6.07 Å². The first-order valence-corrected chi connectivity index (χ1v) is 7.10. The number of carboxylic acids is 1. The summed E-state index contributed by atoms with van der Waals surface area (Å²) in [4.78, 5) is 11.0. The summed E-state index contributed by atoms with van der Waals surface area (Å²) in [5.41, 5.74) is -0.305. The van der Waals surface area contributed by atoms with Crippen molar-refractivity contribution in [3.8, 4) is 11.5 Å². The van der Waals surface area contributed by atoms with Gasteiger partial charge in [-0.15, -0.1) is 13.2 Å². The van der Waals surface area contributed by atoms with Crippen molar-refractivity contribution in [2.24, 2.45) is 5.92 Å². The predicted molar refractivity (Wildman–Crippen MR) is 72.2 cm³/mol. The summed E-state index contributed by atoms with van der Waals surface area (Å²) in [5, 5.41) is 8.96. The molecule has 1 fully saturated rings. The van der Waals surface area contributed by atoms with Gasteiger partial charge in [0.2, 0.25) is 0 Å². The van der Waals surface area contributed by atoms with Gasteiger partial charge in [-0.3, -0.25) is 0 Å². The lowest BCUT2D eigenvalue weighted by atomic mass is 9.90. The van der Waals surface area contributed by atoms with E-state index in [0.29, 0.717) is 12.5 Å². The Labute approximate surface area is 125 Å². The van der Waals surface area contributed by atoms with Crippen molar-refractivity contribution >= 4 is 5.97 Å². The van der Waals surface area contributed by atoms with Crippen LogP contribution in [0.15, 0.2) is 18.2 Å². The van der Waals surface area contributed by atoms with E-state index in [9.17, 15) is 18.0 Å². The second kappa shape index (κ2) is 6.89. The molecule has 1 N–H and O–H groups in total. The summed E-state index contributed by atoms with van der Waals surface area (Å²) in [6.45, 7) is 0.370. The Balaban J connectivity index is 2.09. The molecule has 0 atom stereocenters. The number of halogens is 3. The van der Waals surface area contributed by atoms with E-state index in [1.54, 1.807) is 0 Å². The molecule has 1 saturated carbocycles. The van der Waals surface area contributed by atoms with E-state index in [1.807, 2.05) is 0 Å². The number of hydrogen-bond acceptors (Lipinski definition) is 3. The quantitative estimate of drug-likeness (QED) is 0.882. The Morgan fingerprint density at radius 1 is 1.14 bits per heavy atom. The Bertz CT molecular complexity index is 522. The first-order valence-electron chi connectivity index (χ1n) is 7.10. The van der Waals surface area contributed by atoms with Crippen LogP contribution in [0.2, 0.25) is 0 Å². The molecule has 0 saturated heterocycles. The maximum Gasteiger partial charge on any atom is 0.573 e. The van der Waals surface area contributed by atoms with Crippen LogP contribution in [0.5, 0.6) is 11.5 Å². The van der Waals surface area contributed by atoms with Gasteiger partial charge in [0.05, 0.1) is 12.2 Å². The third-order valence-corrected chi connectivity index (χ3v) is 3.57. The minimum atomic E-state index is -4.88. The van der Waals surface area contributed by atoms with Crippen molar-refractivity contribution in [2.45, 2.75) is 38.5 Å². The molecular formula is C15H17F3O4. The average Bonchev–Trinajstić information content (AvgIpc) is 2.44. The largest absolute Gasteiger partial charge is 0.573 e. The van der Waals surface area contributed by atoms with Gasteiger partial charge >= 0.3 is 12.3 Å². The van der Waals surface area contributed by atoms with Crippen molar-refractivity contribution in [2.75, 3.05) is 6.61 Å². The van der Waals surface area contributed by atoms with Crippen molar-refractivity contribution in [1.29, 1.82) is 0 Å². The van der Waals surface area contributed by atoms with Gasteiger partial charge in [-0.2, -0.15) is 0 Å². The zero-order valence-corrected chi connectivity index (χ0v) is 11.9. The molecule has 0 radical (unpaired) electrons. The Morgan fingerprint density at radius 3 is 2.36 bits per heavy atom. The second-order valence-electron chi connectivity index (χ2n) is 5.36. The molecule has 2 rings (SSSR count). The van der Waals surface area contributed by atoms with Crippen LogP contribution in [0.25, 0.3) is 0 Å². The zero-order valence-electron chi connectivity index (χ0n) is 11.9. The van der Waals surface area contributed by atoms with Crippen LogP contribution >= 0.6 is 0 Å². The number of hydrogen-bond donors (Lipinski definition) is 1. The van der Waals surface area contributed by atoms with E-state index in [1.165, 1.54) is 12.5 Å². The van der Waals surface area contributed by atoms with Crippen molar-refractivity contribution < 1.29 is 32.5 Å². The molecule has 0 aliphatic heterocycles. The molecule has 22 heavy (non-hydrogen) atoms. The lowest BCUT2D eigenvalue weighted by molar-refractivity contribution is -0.274. The molecule has 4 nitrogen and oxygen atoms in total. The SMILES string of the molecule is O=C(O)c1cc(OCC2CCCCC2)cc(OC(F)(F)F)c1. The normalized spacial score (nSPS) is 16.3. The molecule has 0 heterocycles. The van der Waals surface area contributed by atoms with Gasteiger partial charge in [-0.05, 0) is 30.9 Å². The van der Waals surface area contributed by atoms with Gasteiger partial charge < -0.3 is 14.6 Å². The zero-order chi connectivity index (χ0) is 16.2. The number of aromatic carboxylic acids is 1. The number of ether oxygens (including phenoxy) is 2. The molecule has 0 amide bonds. The Morgan fingerprint density at radius 2 is 1.77 bits per heavy atom. The van der Waals surface area contributed by atoms with E-state index in [2.05, 4.69) is 4.74 Å². The molecule has 1 aliphatic carbocycles. The number of carboxylic acid groups (broad SMARTS) is 1. The van der Waals surface area contributed by atoms with Crippen molar-refractivity contribution in [1.82, 2.24) is 0 Å². The summed E-state index contributed by atoms with van der Waals surface area (Å²) in [7, 11) is 0. The highest BCUT2D eigenvalue weighted by atomic mass is 19.4. The van der Waals surface area contributed by atoms with E-state index < -0.39 is 18.1 Å². The van der Waals surface area contributed by atoms with Crippen LogP contribution in [0.3, 0.4) is 0 Å². The van der Waals surface area contributed by atoms with Crippen LogP contribution in [0.4, 0.5) is 13.2 Å². The summed E-state index contributed by atoms with van der Waals surface area (Å²) in [6.07, 6.45) is 0.582. The van der Waals surface area contributed by atoms with Crippen LogP contribution in [0.1, 0.15) is 42.5 Å². The molecule has 1 aromatic carbocycles. The average molecular weight is 318 g/mol. The predicted octanol–water partition coefficient (Wildman–Crippen LogP) is 4.24. The van der Waals surface area contributed by atoms with E-state index in [-0.39, 0.29) is 11.3 Å². The van der Waals surface area contributed by atoms with Gasteiger partial charge in [0.25, 0.3) is 0 Å². The fourth-order valence-corrected chi connectivity index (χ4v) is 2.54. The number of carbonyl (C=O) groups is 1. The molecule has 1 aromatic rings. The number of rotatable bonds is 5. The van der Waals surface area contributed by atoms with Gasteiger partial charge in [-0.1, -0.05) is 19.3 Å². The minimum Gasteiger partial charge on any atom is -0.493 e. The lowest BCUT2D eigenvalue weighted by Crippen LogP contribution is -2.18. The lowest BCUT2D eigenvalue weighted by Gasteiger charge is -2.22. The highest BCUT2D eigenvalue weighted by Gasteiger charge is 2.31. The van der Waals surface area contributed by atoms with Crippen LogP contribution in [-0.4, -0.2) is 24.0 Å². The third kappa shape index (κ3) is 5.13. The molecule has 0 aromatic heterocycles. The summed E-state index contributed by atoms with van der Waals surface area (Å²) < 4.78 is 46.1. The van der Waals surface area contributed by atoms with Gasteiger partial charge in [0.15, 0.2) is 0 Å². The molecule has 7 heteroatoms. The Kier molecular flexibility index (Phi) is 5.15. The molecule has 122 valence electrons. The van der Waals surface area contributed by atoms with Crippen LogP contribution in [0, 0.1) is 5.92 Å². The second-order valence-corrected chi connectivity index (χ2v) is 5.36. The minimum absolute atomic E-state index is 0.0738. The molecule has 0 unspecified atom stereocenters. The maximum absolute atomic E-state index is 12.3. The van der Waals surface area contributed by atoms with E-state index in [4.69, 9.17) is 9.84 Å². The Hall–Kier alpha value is -1.92. The fourth-order valence-electron chi connectivity index (χ4n) is 2.54. The monoisotopic (exact) mass is 318 g/mol. The van der Waals surface area contributed by atoms with Crippen molar-refractivity contribution in [3.05, 3.63) is 23.8 Å². The van der Waals surface area contributed by atoms with Gasteiger partial charge in [-0.25, -0.2) is 4.79 Å². The van der Waals surface area contributed by atoms with Crippen molar-refractivity contribution in [3.63, 3.8) is 0 Å². The molecule has 0 bridgehead atoms. The first-order chi connectivity index (χ1) is 10.3. The first kappa shape index (κ1) is 16.5. The summed E-state index contributed by atoms with van der Waals surface area (Å²) >= 11 is 0. The van der Waals surface area contributed by atoms with Gasteiger partial charge in [0.1, 0.15) is 11.5 Å². The maximum atomic E-state index is 12.3. The topological polar surface area (TPSA) is 55.8 Å². The fraction of sp³-hybridized carbons (Fsp3) is 0.533. The number of alkyl halides is 3. The van der Waals surface area contributed by atoms with Crippen LogP contribution in [-0.2, 0) is 0 Å². The van der Waals surface area contributed by atoms with E-state index >= 15 is 0 Å². The smallest absolute Gasteiger partial charge is 0.493 e. The number of benzene rings is 1. The summed E-state index contributed by atoms with van der Waals surface area (Å²) in [5.74, 6) is -1.50. The highest BCUT2D eigenvalue weighted by molar-refractivity contribution is 5.88. The molecule has 0 spiro atoms. The summed E-state index contributed by atoms with van der Waals surface area (Å²) in [6, 6.07) is 3.08. The molecule has 1 aliphatic rings. The van der Waals surface area contributed by atoms with Crippen LogP contribution < -0.4 is 9.47 Å². The molecular weight excluding hydrogens is 301 g/mol. The third-order valence-electron chi connectivity index (χ3n) is 3.57. The van der Waals surface area contributed by atoms with E-state index in [0.717, 1.165) is 37.8 Å².